The minimum atomic E-state index is -0.879. The van der Waals surface area contributed by atoms with Gasteiger partial charge in [0.1, 0.15) is 6.61 Å². The normalized spacial score (nSPS) is 31.9. The highest BCUT2D eigenvalue weighted by molar-refractivity contribution is 5.68. The molecule has 2 fully saturated rings. The van der Waals surface area contributed by atoms with Crippen LogP contribution in [0.3, 0.4) is 0 Å². The van der Waals surface area contributed by atoms with Gasteiger partial charge in [-0.15, -0.1) is 0 Å². The second-order valence-corrected chi connectivity index (χ2v) is 6.44. The van der Waals surface area contributed by atoms with Crippen molar-refractivity contribution in [1.82, 2.24) is 4.90 Å². The first-order valence-electron chi connectivity index (χ1n) is 7.05. The summed E-state index contributed by atoms with van der Waals surface area (Å²) >= 11 is 0. The zero-order chi connectivity index (χ0) is 13.2. The lowest BCUT2D eigenvalue weighted by Crippen LogP contribution is -2.62. The van der Waals surface area contributed by atoms with Crippen LogP contribution in [0.15, 0.2) is 0 Å². The van der Waals surface area contributed by atoms with Crippen LogP contribution >= 0.6 is 0 Å². The molecule has 2 aliphatic rings. The molecule has 0 bridgehead atoms. The van der Waals surface area contributed by atoms with E-state index in [-0.39, 0.29) is 12.2 Å². The molecule has 0 amide bonds. The van der Waals surface area contributed by atoms with Crippen LogP contribution in [0.2, 0.25) is 0 Å². The quantitative estimate of drug-likeness (QED) is 0.816. The molecule has 2 unspecified atom stereocenters. The van der Waals surface area contributed by atoms with Crippen LogP contribution in [0, 0.1) is 11.8 Å². The number of carboxylic acids is 1. The summed E-state index contributed by atoms with van der Waals surface area (Å²) in [6.45, 7) is 7.11. The molecule has 1 saturated heterocycles. The van der Waals surface area contributed by atoms with Gasteiger partial charge in [0.05, 0.1) is 5.60 Å². The number of hydrogen-bond donors (Lipinski definition) is 1. The predicted molar refractivity (Wildman–Crippen MR) is 69.6 cm³/mol. The van der Waals surface area contributed by atoms with E-state index in [1.54, 1.807) is 0 Å². The Balaban J connectivity index is 1.67. The van der Waals surface area contributed by atoms with Crippen molar-refractivity contribution in [3.63, 3.8) is 0 Å². The number of aliphatic carboxylic acids is 1. The van der Waals surface area contributed by atoms with Crippen molar-refractivity contribution in [2.45, 2.75) is 45.1 Å². The minimum absolute atomic E-state index is 0.176. The van der Waals surface area contributed by atoms with Crippen molar-refractivity contribution in [2.24, 2.45) is 11.8 Å². The van der Waals surface area contributed by atoms with Gasteiger partial charge in [0.25, 0.3) is 0 Å². The van der Waals surface area contributed by atoms with Crippen LogP contribution in [-0.4, -0.2) is 47.8 Å². The topological polar surface area (TPSA) is 49.8 Å². The lowest BCUT2D eigenvalue weighted by atomic mass is 9.81. The number of ether oxygens (including phenoxy) is 1. The van der Waals surface area contributed by atoms with Gasteiger partial charge in [-0.2, -0.15) is 0 Å². The second kappa shape index (κ2) is 5.57. The summed E-state index contributed by atoms with van der Waals surface area (Å²) in [6.07, 6.45) is 5.46. The molecule has 104 valence electrons. The zero-order valence-corrected chi connectivity index (χ0v) is 11.5. The van der Waals surface area contributed by atoms with Gasteiger partial charge in [-0.25, -0.2) is 4.79 Å². The number of carbonyl (C=O) groups is 1. The van der Waals surface area contributed by atoms with Crippen LogP contribution in [0.25, 0.3) is 0 Å². The van der Waals surface area contributed by atoms with E-state index < -0.39 is 5.97 Å². The maximum atomic E-state index is 10.5. The van der Waals surface area contributed by atoms with Crippen molar-refractivity contribution in [2.75, 3.05) is 26.2 Å². The molecule has 0 aromatic heterocycles. The average Bonchev–Trinajstić information content (AvgIpc) is 2.24. The molecule has 0 spiro atoms. The fourth-order valence-corrected chi connectivity index (χ4v) is 3.45. The number of rotatable bonds is 5. The van der Waals surface area contributed by atoms with E-state index in [0.717, 1.165) is 31.5 Å². The Morgan fingerprint density at radius 2 is 2.17 bits per heavy atom. The smallest absolute Gasteiger partial charge is 0.329 e. The van der Waals surface area contributed by atoms with Gasteiger partial charge >= 0.3 is 5.97 Å². The predicted octanol–water partition coefficient (Wildman–Crippen LogP) is 1.99. The van der Waals surface area contributed by atoms with E-state index in [9.17, 15) is 4.79 Å². The maximum absolute atomic E-state index is 10.5. The molecule has 1 aliphatic heterocycles. The molecular weight excluding hydrogens is 230 g/mol. The number of hydrogen-bond acceptors (Lipinski definition) is 3. The van der Waals surface area contributed by atoms with Crippen molar-refractivity contribution >= 4 is 5.97 Å². The summed E-state index contributed by atoms with van der Waals surface area (Å²) < 4.78 is 5.43. The van der Waals surface area contributed by atoms with Crippen LogP contribution in [-0.2, 0) is 9.53 Å². The molecule has 1 N–H and O–H groups in total. The van der Waals surface area contributed by atoms with Gasteiger partial charge in [0.15, 0.2) is 0 Å². The largest absolute Gasteiger partial charge is 0.480 e. The van der Waals surface area contributed by atoms with Crippen molar-refractivity contribution in [1.29, 1.82) is 0 Å². The highest BCUT2D eigenvalue weighted by Gasteiger charge is 2.40. The van der Waals surface area contributed by atoms with E-state index in [4.69, 9.17) is 9.84 Å². The zero-order valence-electron chi connectivity index (χ0n) is 11.5. The first-order valence-corrected chi connectivity index (χ1v) is 7.05. The highest BCUT2D eigenvalue weighted by atomic mass is 16.5. The maximum Gasteiger partial charge on any atom is 0.329 e. The molecular formula is C14H25NO3. The van der Waals surface area contributed by atoms with Gasteiger partial charge in [0.2, 0.25) is 0 Å². The van der Waals surface area contributed by atoms with Crippen LogP contribution in [0.5, 0.6) is 0 Å². The van der Waals surface area contributed by atoms with Crippen LogP contribution in [0.1, 0.15) is 39.5 Å². The summed E-state index contributed by atoms with van der Waals surface area (Å²) in [7, 11) is 0. The average molecular weight is 255 g/mol. The van der Waals surface area contributed by atoms with Gasteiger partial charge in [-0.3, -0.25) is 4.90 Å². The molecule has 0 aromatic rings. The molecule has 2 rings (SSSR count). The SMILES string of the molecule is CC1CCCC(CN2CC(C)(OCC(=O)O)C2)C1. The van der Waals surface area contributed by atoms with Gasteiger partial charge in [0, 0.05) is 19.6 Å². The van der Waals surface area contributed by atoms with Crippen molar-refractivity contribution < 1.29 is 14.6 Å². The monoisotopic (exact) mass is 255 g/mol. The molecule has 18 heavy (non-hydrogen) atoms. The van der Waals surface area contributed by atoms with Gasteiger partial charge < -0.3 is 9.84 Å². The summed E-state index contributed by atoms with van der Waals surface area (Å²) in [5.41, 5.74) is -0.237. The third-order valence-electron chi connectivity index (χ3n) is 4.22. The lowest BCUT2D eigenvalue weighted by Gasteiger charge is -2.49. The third kappa shape index (κ3) is 3.69. The van der Waals surface area contributed by atoms with E-state index >= 15 is 0 Å². The van der Waals surface area contributed by atoms with E-state index in [0.29, 0.717) is 0 Å². The van der Waals surface area contributed by atoms with E-state index in [2.05, 4.69) is 11.8 Å². The Labute approximate surface area is 109 Å². The summed E-state index contributed by atoms with van der Waals surface area (Å²) in [5, 5.41) is 8.61. The van der Waals surface area contributed by atoms with Crippen molar-refractivity contribution in [3.05, 3.63) is 0 Å². The summed E-state index contributed by atoms with van der Waals surface area (Å²) in [4.78, 5) is 12.9. The third-order valence-corrected chi connectivity index (χ3v) is 4.22. The van der Waals surface area contributed by atoms with Crippen molar-refractivity contribution in [3.8, 4) is 0 Å². The minimum Gasteiger partial charge on any atom is -0.480 e. The Morgan fingerprint density at radius 1 is 1.44 bits per heavy atom. The fourth-order valence-electron chi connectivity index (χ4n) is 3.45. The van der Waals surface area contributed by atoms with Crippen LogP contribution < -0.4 is 0 Å². The van der Waals surface area contributed by atoms with E-state index in [1.807, 2.05) is 6.92 Å². The fraction of sp³-hybridized carbons (Fsp3) is 0.929. The molecule has 2 atom stereocenters. The molecule has 1 saturated carbocycles. The van der Waals surface area contributed by atoms with Crippen LogP contribution in [0.4, 0.5) is 0 Å². The molecule has 0 radical (unpaired) electrons. The van der Waals surface area contributed by atoms with E-state index in [1.165, 1.54) is 25.7 Å². The Morgan fingerprint density at radius 3 is 2.78 bits per heavy atom. The number of likely N-dealkylation sites (tertiary alicyclic amines) is 1. The Hall–Kier alpha value is -0.610. The highest BCUT2D eigenvalue weighted by Crippen LogP contribution is 2.32. The molecule has 1 heterocycles. The molecule has 4 heteroatoms. The summed E-state index contributed by atoms with van der Waals surface area (Å²) in [6, 6.07) is 0. The number of nitrogens with zero attached hydrogens (tertiary/aromatic N) is 1. The number of carboxylic acid groups (broad SMARTS) is 1. The molecule has 4 nitrogen and oxygen atoms in total. The molecule has 0 aromatic carbocycles. The second-order valence-electron chi connectivity index (χ2n) is 6.44. The molecule has 1 aliphatic carbocycles. The summed E-state index contributed by atoms with van der Waals surface area (Å²) in [5.74, 6) is 0.827. The Bertz CT molecular complexity index is 299. The first-order chi connectivity index (χ1) is 8.47. The van der Waals surface area contributed by atoms with Gasteiger partial charge in [-0.05, 0) is 31.6 Å². The first kappa shape index (κ1) is 13.8. The van der Waals surface area contributed by atoms with Gasteiger partial charge in [-0.1, -0.05) is 19.8 Å². The standard InChI is InChI=1S/C14H25NO3/c1-11-4-3-5-12(6-11)7-15-9-14(2,10-15)18-8-13(16)17/h11-12H,3-10H2,1-2H3,(H,16,17). The lowest BCUT2D eigenvalue weighted by molar-refractivity contribution is -0.166. The Kier molecular flexibility index (Phi) is 4.28.